The fourth-order valence-corrected chi connectivity index (χ4v) is 5.03. The van der Waals surface area contributed by atoms with Crippen LogP contribution >= 0.6 is 23.4 Å². The van der Waals surface area contributed by atoms with E-state index in [4.69, 9.17) is 16.3 Å². The van der Waals surface area contributed by atoms with Crippen molar-refractivity contribution in [3.05, 3.63) is 53.1 Å². The predicted molar refractivity (Wildman–Crippen MR) is 103 cm³/mol. The number of halogens is 1. The molecule has 26 heavy (non-hydrogen) atoms. The van der Waals surface area contributed by atoms with Crippen LogP contribution in [0.2, 0.25) is 5.02 Å². The molecule has 5 nitrogen and oxygen atoms in total. The van der Waals surface area contributed by atoms with Gasteiger partial charge in [0.05, 0.1) is 12.3 Å². The van der Waals surface area contributed by atoms with Gasteiger partial charge in [0.25, 0.3) is 5.91 Å². The Balaban J connectivity index is 1.69. The van der Waals surface area contributed by atoms with Gasteiger partial charge in [-0.15, -0.1) is 0 Å². The Morgan fingerprint density at radius 3 is 2.96 bits per heavy atom. The fourth-order valence-electron chi connectivity index (χ4n) is 3.47. The minimum atomic E-state index is -0.968. The van der Waals surface area contributed by atoms with Crippen molar-refractivity contribution < 1.29 is 14.3 Å². The number of hydrogen-bond donors (Lipinski definition) is 1. The summed E-state index contributed by atoms with van der Waals surface area (Å²) in [5, 5.41) is 3.55. The van der Waals surface area contributed by atoms with Crippen molar-refractivity contribution in [2.45, 2.75) is 29.2 Å². The SMILES string of the molecule is COCc1ccccc1NC(=O)[C@]12CCC(=O)N1c1cc(Cl)ccc1S2. The van der Waals surface area contributed by atoms with Crippen molar-refractivity contribution in [1.29, 1.82) is 0 Å². The summed E-state index contributed by atoms with van der Waals surface area (Å²) < 4.78 is 5.21. The van der Waals surface area contributed by atoms with Crippen LogP contribution in [0.25, 0.3) is 0 Å². The van der Waals surface area contributed by atoms with Crippen molar-refractivity contribution in [2.75, 3.05) is 17.3 Å². The van der Waals surface area contributed by atoms with Crippen molar-refractivity contribution in [3.8, 4) is 0 Å². The number of thioether (sulfide) groups is 1. The van der Waals surface area contributed by atoms with Crippen LogP contribution in [0.1, 0.15) is 18.4 Å². The van der Waals surface area contributed by atoms with E-state index in [1.165, 1.54) is 11.8 Å². The van der Waals surface area contributed by atoms with Crippen LogP contribution < -0.4 is 10.2 Å². The second-order valence-corrected chi connectivity index (χ2v) is 8.03. The van der Waals surface area contributed by atoms with E-state index in [9.17, 15) is 9.59 Å². The maximum absolute atomic E-state index is 13.3. The van der Waals surface area contributed by atoms with Gasteiger partial charge in [0, 0.05) is 34.7 Å². The topological polar surface area (TPSA) is 58.6 Å². The fraction of sp³-hybridized carbons (Fsp3) is 0.263. The molecule has 1 fully saturated rings. The first-order valence-corrected chi connectivity index (χ1v) is 9.44. The summed E-state index contributed by atoms with van der Waals surface area (Å²) in [6.45, 7) is 0.398. The summed E-state index contributed by atoms with van der Waals surface area (Å²) in [5.41, 5.74) is 2.30. The number of para-hydroxylation sites is 1. The molecule has 1 atom stereocenters. The number of nitrogens with one attached hydrogen (secondary N) is 1. The molecule has 0 radical (unpaired) electrons. The van der Waals surface area contributed by atoms with Crippen LogP contribution in [0.15, 0.2) is 47.4 Å². The molecule has 2 heterocycles. The lowest BCUT2D eigenvalue weighted by Gasteiger charge is -2.30. The average molecular weight is 389 g/mol. The first kappa shape index (κ1) is 17.4. The molecular formula is C19H17ClN2O3S. The third-order valence-corrected chi connectivity index (χ3v) is 6.36. The van der Waals surface area contributed by atoms with E-state index >= 15 is 0 Å². The minimum Gasteiger partial charge on any atom is -0.380 e. The number of methoxy groups -OCH3 is 1. The van der Waals surface area contributed by atoms with E-state index < -0.39 is 4.87 Å². The highest BCUT2D eigenvalue weighted by Gasteiger charge is 2.57. The zero-order valence-electron chi connectivity index (χ0n) is 14.1. The summed E-state index contributed by atoms with van der Waals surface area (Å²) in [5.74, 6) is -0.261. The Labute approximate surface area is 160 Å². The molecule has 0 aromatic heterocycles. The molecule has 1 N–H and O–H groups in total. The van der Waals surface area contributed by atoms with E-state index in [1.54, 1.807) is 24.1 Å². The molecule has 2 aromatic carbocycles. The first-order chi connectivity index (χ1) is 12.5. The highest BCUT2D eigenvalue weighted by Crippen LogP contribution is 2.56. The number of benzene rings is 2. The second kappa shape index (κ2) is 6.61. The Morgan fingerprint density at radius 1 is 1.35 bits per heavy atom. The zero-order valence-corrected chi connectivity index (χ0v) is 15.7. The summed E-state index contributed by atoms with van der Waals surface area (Å²) in [6, 6.07) is 12.9. The lowest BCUT2D eigenvalue weighted by molar-refractivity contribution is -0.121. The highest BCUT2D eigenvalue weighted by molar-refractivity contribution is 8.02. The first-order valence-electron chi connectivity index (χ1n) is 8.25. The molecule has 0 unspecified atom stereocenters. The van der Waals surface area contributed by atoms with Gasteiger partial charge in [0.15, 0.2) is 4.87 Å². The molecule has 134 valence electrons. The van der Waals surface area contributed by atoms with E-state index in [1.807, 2.05) is 30.3 Å². The third kappa shape index (κ3) is 2.69. The quantitative estimate of drug-likeness (QED) is 0.858. The van der Waals surface area contributed by atoms with Crippen molar-refractivity contribution >= 4 is 46.6 Å². The molecule has 2 aromatic rings. The molecule has 0 spiro atoms. The lowest BCUT2D eigenvalue weighted by Crippen LogP contribution is -2.49. The molecule has 2 aliphatic heterocycles. The maximum atomic E-state index is 13.3. The number of rotatable bonds is 4. The molecule has 1 saturated heterocycles. The Kier molecular flexibility index (Phi) is 4.42. The summed E-state index contributed by atoms with van der Waals surface area (Å²) in [4.78, 5) is 27.3. The van der Waals surface area contributed by atoms with E-state index in [0.717, 1.165) is 10.5 Å². The molecule has 0 saturated carbocycles. The van der Waals surface area contributed by atoms with Crippen LogP contribution in [0.5, 0.6) is 0 Å². The van der Waals surface area contributed by atoms with E-state index in [2.05, 4.69) is 5.32 Å². The molecule has 0 aliphatic carbocycles. The van der Waals surface area contributed by atoms with Crippen molar-refractivity contribution in [1.82, 2.24) is 0 Å². The van der Waals surface area contributed by atoms with Crippen molar-refractivity contribution in [2.24, 2.45) is 0 Å². The van der Waals surface area contributed by atoms with Gasteiger partial charge >= 0.3 is 0 Å². The third-order valence-electron chi connectivity index (χ3n) is 4.65. The minimum absolute atomic E-state index is 0.0566. The van der Waals surface area contributed by atoms with Crippen LogP contribution in [0.3, 0.4) is 0 Å². The standard InChI is InChI=1S/C19H17ClN2O3S/c1-25-11-12-4-2-3-5-14(12)21-18(24)19-9-8-17(23)22(19)15-10-13(20)6-7-16(15)26-19/h2-7,10H,8-9,11H2,1H3,(H,21,24)/t19-/m1/s1. The van der Waals surface area contributed by atoms with Gasteiger partial charge in [-0.1, -0.05) is 41.6 Å². The molecular weight excluding hydrogens is 372 g/mol. The van der Waals surface area contributed by atoms with Gasteiger partial charge < -0.3 is 10.1 Å². The number of carbonyl (C=O) groups excluding carboxylic acids is 2. The molecule has 2 aliphatic rings. The predicted octanol–water partition coefficient (Wildman–Crippen LogP) is 4.05. The number of anilines is 2. The van der Waals surface area contributed by atoms with Gasteiger partial charge in [-0.3, -0.25) is 14.5 Å². The summed E-state index contributed by atoms with van der Waals surface area (Å²) >= 11 is 7.53. The largest absolute Gasteiger partial charge is 0.380 e. The average Bonchev–Trinajstić information content (AvgIpc) is 3.13. The number of nitrogens with zero attached hydrogens (tertiary/aromatic N) is 1. The number of carbonyl (C=O) groups is 2. The Bertz CT molecular complexity index is 904. The van der Waals surface area contributed by atoms with Gasteiger partial charge in [-0.2, -0.15) is 0 Å². The highest BCUT2D eigenvalue weighted by atomic mass is 35.5. The molecule has 4 rings (SSSR count). The Hall–Kier alpha value is -2.02. The number of fused-ring (bicyclic) bond motifs is 3. The normalized spacial score (nSPS) is 20.8. The number of ether oxygens (including phenoxy) is 1. The summed E-state index contributed by atoms with van der Waals surface area (Å²) in [7, 11) is 1.61. The molecule has 7 heteroatoms. The van der Waals surface area contributed by atoms with Crippen LogP contribution in [0.4, 0.5) is 11.4 Å². The van der Waals surface area contributed by atoms with Crippen LogP contribution in [-0.2, 0) is 20.9 Å². The second-order valence-electron chi connectivity index (χ2n) is 6.27. The van der Waals surface area contributed by atoms with Crippen LogP contribution in [0, 0.1) is 0 Å². The van der Waals surface area contributed by atoms with Gasteiger partial charge in [-0.25, -0.2) is 0 Å². The zero-order chi connectivity index (χ0) is 18.3. The van der Waals surface area contributed by atoms with Gasteiger partial charge in [0.2, 0.25) is 5.91 Å². The van der Waals surface area contributed by atoms with Crippen LogP contribution in [-0.4, -0.2) is 23.8 Å². The monoisotopic (exact) mass is 388 g/mol. The van der Waals surface area contributed by atoms with E-state index in [-0.39, 0.29) is 11.8 Å². The number of amides is 2. The number of hydrogen-bond acceptors (Lipinski definition) is 4. The maximum Gasteiger partial charge on any atom is 0.261 e. The smallest absolute Gasteiger partial charge is 0.261 e. The lowest BCUT2D eigenvalue weighted by atomic mass is 10.1. The van der Waals surface area contributed by atoms with E-state index in [0.29, 0.717) is 35.8 Å². The Morgan fingerprint density at radius 2 is 2.15 bits per heavy atom. The molecule has 0 bridgehead atoms. The van der Waals surface area contributed by atoms with Crippen molar-refractivity contribution in [3.63, 3.8) is 0 Å². The van der Waals surface area contributed by atoms with Gasteiger partial charge in [0.1, 0.15) is 0 Å². The van der Waals surface area contributed by atoms with Gasteiger partial charge in [-0.05, 0) is 30.7 Å². The summed E-state index contributed by atoms with van der Waals surface area (Å²) in [6.07, 6.45) is 0.799. The molecule has 2 amide bonds.